The van der Waals surface area contributed by atoms with Crippen molar-refractivity contribution >= 4 is 5.78 Å². The van der Waals surface area contributed by atoms with Gasteiger partial charge in [-0.05, 0) is 17.9 Å². The van der Waals surface area contributed by atoms with E-state index in [0.717, 1.165) is 11.1 Å². The predicted octanol–water partition coefficient (Wildman–Crippen LogP) is 5.21. The highest BCUT2D eigenvalue weighted by atomic mass is 16.1. The molecule has 0 aromatic heterocycles. The quantitative estimate of drug-likeness (QED) is 0.656. The number of rotatable bonds is 6. The fraction of sp³-hybridized carbons (Fsp3) is 0.316. The lowest BCUT2D eigenvalue weighted by Crippen LogP contribution is -2.01. The van der Waals surface area contributed by atoms with Crippen molar-refractivity contribution in [3.63, 3.8) is 0 Å². The first-order chi connectivity index (χ1) is 9.72. The SMILES string of the molecule is CCCCC(C)c1ccc(C(=O)c2ccccc2)cc1. The van der Waals surface area contributed by atoms with E-state index in [4.69, 9.17) is 0 Å². The summed E-state index contributed by atoms with van der Waals surface area (Å²) >= 11 is 0. The molecule has 0 aliphatic carbocycles. The topological polar surface area (TPSA) is 17.1 Å². The molecule has 2 aromatic carbocycles. The highest BCUT2D eigenvalue weighted by Crippen LogP contribution is 2.22. The van der Waals surface area contributed by atoms with Gasteiger partial charge in [0.1, 0.15) is 0 Å². The summed E-state index contributed by atoms with van der Waals surface area (Å²) in [6.07, 6.45) is 3.70. The highest BCUT2D eigenvalue weighted by Gasteiger charge is 2.10. The highest BCUT2D eigenvalue weighted by molar-refractivity contribution is 6.08. The molecule has 0 N–H and O–H groups in total. The van der Waals surface area contributed by atoms with Crippen LogP contribution in [0.1, 0.15) is 60.5 Å². The Hall–Kier alpha value is -1.89. The number of carbonyl (C=O) groups is 1. The zero-order chi connectivity index (χ0) is 14.4. The Labute approximate surface area is 121 Å². The van der Waals surface area contributed by atoms with Crippen LogP contribution in [0.4, 0.5) is 0 Å². The fourth-order valence-corrected chi connectivity index (χ4v) is 2.40. The molecule has 0 saturated carbocycles. The molecule has 0 amide bonds. The van der Waals surface area contributed by atoms with Gasteiger partial charge in [0.25, 0.3) is 0 Å². The van der Waals surface area contributed by atoms with Crippen molar-refractivity contribution in [2.24, 2.45) is 0 Å². The molecular weight excluding hydrogens is 244 g/mol. The standard InChI is InChI=1S/C19H22O/c1-3-4-8-15(2)16-11-13-18(14-12-16)19(20)17-9-6-5-7-10-17/h5-7,9-15H,3-4,8H2,1-2H3. The van der Waals surface area contributed by atoms with Gasteiger partial charge in [0.15, 0.2) is 5.78 Å². The maximum Gasteiger partial charge on any atom is 0.193 e. The van der Waals surface area contributed by atoms with Gasteiger partial charge in [-0.25, -0.2) is 0 Å². The van der Waals surface area contributed by atoms with E-state index in [2.05, 4.69) is 26.0 Å². The third kappa shape index (κ3) is 3.57. The van der Waals surface area contributed by atoms with Crippen LogP contribution in [-0.2, 0) is 0 Å². The molecule has 0 fully saturated rings. The summed E-state index contributed by atoms with van der Waals surface area (Å²) in [4.78, 5) is 12.3. The lowest BCUT2D eigenvalue weighted by Gasteiger charge is -2.11. The average Bonchev–Trinajstić information content (AvgIpc) is 2.53. The van der Waals surface area contributed by atoms with Crippen LogP contribution < -0.4 is 0 Å². The Morgan fingerprint density at radius 1 is 0.950 bits per heavy atom. The van der Waals surface area contributed by atoms with Crippen molar-refractivity contribution in [3.05, 3.63) is 71.3 Å². The number of benzene rings is 2. The van der Waals surface area contributed by atoms with Gasteiger partial charge in [-0.15, -0.1) is 0 Å². The molecule has 1 atom stereocenters. The predicted molar refractivity (Wildman–Crippen MR) is 84.3 cm³/mol. The molecule has 1 unspecified atom stereocenters. The first-order valence-electron chi connectivity index (χ1n) is 7.42. The van der Waals surface area contributed by atoms with Gasteiger partial charge in [-0.3, -0.25) is 4.79 Å². The van der Waals surface area contributed by atoms with Crippen molar-refractivity contribution < 1.29 is 4.79 Å². The van der Waals surface area contributed by atoms with Gasteiger partial charge in [-0.2, -0.15) is 0 Å². The molecule has 0 aliphatic heterocycles. The smallest absolute Gasteiger partial charge is 0.193 e. The molecular formula is C19H22O. The molecule has 0 spiro atoms. The van der Waals surface area contributed by atoms with Crippen molar-refractivity contribution in [1.29, 1.82) is 0 Å². The summed E-state index contributed by atoms with van der Waals surface area (Å²) in [5, 5.41) is 0. The molecule has 0 saturated heterocycles. The second kappa shape index (κ2) is 7.04. The number of ketones is 1. The molecule has 1 heteroatoms. The van der Waals surface area contributed by atoms with E-state index >= 15 is 0 Å². The molecule has 0 bridgehead atoms. The number of hydrogen-bond donors (Lipinski definition) is 0. The first-order valence-corrected chi connectivity index (χ1v) is 7.42. The van der Waals surface area contributed by atoms with Crippen LogP contribution in [-0.4, -0.2) is 5.78 Å². The van der Waals surface area contributed by atoms with Crippen molar-refractivity contribution in [1.82, 2.24) is 0 Å². The van der Waals surface area contributed by atoms with Crippen LogP contribution in [0.25, 0.3) is 0 Å². The van der Waals surface area contributed by atoms with Crippen molar-refractivity contribution in [2.75, 3.05) is 0 Å². The normalized spacial score (nSPS) is 12.1. The molecule has 1 nitrogen and oxygen atoms in total. The number of hydrogen-bond acceptors (Lipinski definition) is 1. The Morgan fingerprint density at radius 2 is 1.55 bits per heavy atom. The minimum Gasteiger partial charge on any atom is -0.289 e. The molecule has 0 radical (unpaired) electrons. The van der Waals surface area contributed by atoms with Crippen LogP contribution >= 0.6 is 0 Å². The molecule has 0 heterocycles. The van der Waals surface area contributed by atoms with Gasteiger partial charge in [0.05, 0.1) is 0 Å². The Kier molecular flexibility index (Phi) is 5.11. The van der Waals surface area contributed by atoms with Crippen LogP contribution in [0.5, 0.6) is 0 Å². The van der Waals surface area contributed by atoms with Crippen LogP contribution in [0.15, 0.2) is 54.6 Å². The third-order valence-electron chi connectivity index (χ3n) is 3.77. The van der Waals surface area contributed by atoms with Crippen LogP contribution in [0.2, 0.25) is 0 Å². The average molecular weight is 266 g/mol. The zero-order valence-electron chi connectivity index (χ0n) is 12.3. The minimum atomic E-state index is 0.0957. The molecule has 2 rings (SSSR count). The maximum atomic E-state index is 12.3. The largest absolute Gasteiger partial charge is 0.289 e. The van der Waals surface area contributed by atoms with Gasteiger partial charge < -0.3 is 0 Å². The number of carbonyl (C=O) groups excluding carboxylic acids is 1. The molecule has 0 aliphatic rings. The number of unbranched alkanes of at least 4 members (excludes halogenated alkanes) is 1. The third-order valence-corrected chi connectivity index (χ3v) is 3.77. The van der Waals surface area contributed by atoms with Crippen molar-refractivity contribution in [2.45, 2.75) is 39.0 Å². The van der Waals surface area contributed by atoms with E-state index in [1.165, 1.54) is 24.8 Å². The van der Waals surface area contributed by atoms with Gasteiger partial charge in [0, 0.05) is 11.1 Å². The van der Waals surface area contributed by atoms with Gasteiger partial charge in [-0.1, -0.05) is 81.3 Å². The van der Waals surface area contributed by atoms with E-state index in [-0.39, 0.29) is 5.78 Å². The lowest BCUT2D eigenvalue weighted by atomic mass is 9.93. The second-order valence-corrected chi connectivity index (χ2v) is 5.36. The van der Waals surface area contributed by atoms with E-state index < -0.39 is 0 Å². The molecule has 2 aromatic rings. The second-order valence-electron chi connectivity index (χ2n) is 5.36. The summed E-state index contributed by atoms with van der Waals surface area (Å²) < 4.78 is 0. The molecule has 20 heavy (non-hydrogen) atoms. The Morgan fingerprint density at radius 3 is 2.15 bits per heavy atom. The van der Waals surface area contributed by atoms with Crippen molar-refractivity contribution in [3.8, 4) is 0 Å². The summed E-state index contributed by atoms with van der Waals surface area (Å²) in [6.45, 7) is 4.47. The van der Waals surface area contributed by atoms with Crippen LogP contribution in [0, 0.1) is 0 Å². The fourth-order valence-electron chi connectivity index (χ4n) is 2.40. The molecule has 104 valence electrons. The zero-order valence-corrected chi connectivity index (χ0v) is 12.3. The maximum absolute atomic E-state index is 12.3. The Balaban J connectivity index is 2.10. The van der Waals surface area contributed by atoms with Gasteiger partial charge >= 0.3 is 0 Å². The minimum absolute atomic E-state index is 0.0957. The first kappa shape index (κ1) is 14.5. The van der Waals surface area contributed by atoms with Gasteiger partial charge in [0.2, 0.25) is 0 Å². The monoisotopic (exact) mass is 266 g/mol. The van der Waals surface area contributed by atoms with Crippen LogP contribution in [0.3, 0.4) is 0 Å². The van der Waals surface area contributed by atoms with E-state index in [1.807, 2.05) is 42.5 Å². The van der Waals surface area contributed by atoms with E-state index in [1.54, 1.807) is 0 Å². The summed E-state index contributed by atoms with van der Waals surface area (Å²) in [6, 6.07) is 17.5. The Bertz CT molecular complexity index is 540. The van der Waals surface area contributed by atoms with E-state index in [9.17, 15) is 4.79 Å². The summed E-state index contributed by atoms with van der Waals surface area (Å²) in [7, 11) is 0. The summed E-state index contributed by atoms with van der Waals surface area (Å²) in [5.41, 5.74) is 2.84. The summed E-state index contributed by atoms with van der Waals surface area (Å²) in [5.74, 6) is 0.661. The van der Waals surface area contributed by atoms with E-state index in [0.29, 0.717) is 5.92 Å². The lowest BCUT2D eigenvalue weighted by molar-refractivity contribution is 0.103.